The van der Waals surface area contributed by atoms with Crippen molar-refractivity contribution in [2.45, 2.75) is 25.9 Å². The van der Waals surface area contributed by atoms with E-state index in [9.17, 15) is 9.18 Å². The summed E-state index contributed by atoms with van der Waals surface area (Å²) in [5, 5.41) is 5.48. The van der Waals surface area contributed by atoms with Crippen LogP contribution >= 0.6 is 23.2 Å². The Morgan fingerprint density at radius 2 is 1.91 bits per heavy atom. The van der Waals surface area contributed by atoms with Gasteiger partial charge in [-0.05, 0) is 44.2 Å². The van der Waals surface area contributed by atoms with Gasteiger partial charge in [-0.25, -0.2) is 4.39 Å². The van der Waals surface area contributed by atoms with Crippen molar-refractivity contribution in [2.24, 2.45) is 0 Å². The summed E-state index contributed by atoms with van der Waals surface area (Å²) in [5.74, 6) is -0.644. The molecule has 1 amide bonds. The molecule has 0 heterocycles. The van der Waals surface area contributed by atoms with E-state index in [0.29, 0.717) is 10.7 Å². The van der Waals surface area contributed by atoms with Crippen LogP contribution in [0.3, 0.4) is 0 Å². The minimum absolute atomic E-state index is 0.0677. The number of quaternary nitrogens is 1. The summed E-state index contributed by atoms with van der Waals surface area (Å²) >= 11 is 11.9. The van der Waals surface area contributed by atoms with E-state index in [4.69, 9.17) is 23.2 Å². The smallest absolute Gasteiger partial charge is 0.282 e. The zero-order valence-corrected chi connectivity index (χ0v) is 14.3. The summed E-state index contributed by atoms with van der Waals surface area (Å²) in [6.07, 6.45) is 0. The molecule has 0 aliphatic rings. The summed E-state index contributed by atoms with van der Waals surface area (Å²) in [6, 6.07) is 11.1. The van der Waals surface area contributed by atoms with E-state index in [1.165, 1.54) is 18.2 Å². The van der Waals surface area contributed by atoms with Crippen LogP contribution in [0.1, 0.15) is 25.5 Å². The fourth-order valence-electron chi connectivity index (χ4n) is 2.26. The normalized spacial score (nSPS) is 13.4. The molecule has 0 fully saturated rings. The minimum Gasteiger partial charge on any atom is -0.330 e. The van der Waals surface area contributed by atoms with E-state index < -0.39 is 5.82 Å². The third-order valence-corrected chi connectivity index (χ3v) is 4.10. The molecule has 2 aromatic carbocycles. The van der Waals surface area contributed by atoms with Gasteiger partial charge in [0.2, 0.25) is 0 Å². The van der Waals surface area contributed by atoms with Crippen molar-refractivity contribution in [1.29, 1.82) is 0 Å². The molecule has 2 rings (SSSR count). The molecule has 0 aliphatic carbocycles. The Kier molecular flexibility index (Phi) is 5.99. The van der Waals surface area contributed by atoms with Crippen molar-refractivity contribution in [1.82, 2.24) is 0 Å². The maximum absolute atomic E-state index is 13.0. The van der Waals surface area contributed by atoms with Gasteiger partial charge in [-0.1, -0.05) is 35.3 Å². The predicted molar refractivity (Wildman–Crippen MR) is 91.3 cm³/mol. The zero-order valence-electron chi connectivity index (χ0n) is 12.8. The van der Waals surface area contributed by atoms with Crippen LogP contribution in [0.25, 0.3) is 0 Å². The molecule has 23 heavy (non-hydrogen) atoms. The van der Waals surface area contributed by atoms with Gasteiger partial charge < -0.3 is 10.6 Å². The average molecular weight is 356 g/mol. The minimum atomic E-state index is -0.442. The van der Waals surface area contributed by atoms with Crippen LogP contribution in [-0.2, 0) is 4.79 Å². The van der Waals surface area contributed by atoms with Crippen molar-refractivity contribution < 1.29 is 14.5 Å². The van der Waals surface area contributed by atoms with Gasteiger partial charge >= 0.3 is 0 Å². The van der Waals surface area contributed by atoms with Crippen LogP contribution in [0, 0.1) is 5.82 Å². The molecule has 0 saturated carbocycles. The third kappa shape index (κ3) is 4.93. The Bertz CT molecular complexity index is 709. The van der Waals surface area contributed by atoms with Crippen LogP contribution in [0.15, 0.2) is 42.5 Å². The van der Waals surface area contributed by atoms with E-state index in [-0.39, 0.29) is 23.0 Å². The van der Waals surface area contributed by atoms with E-state index in [0.717, 1.165) is 5.56 Å². The van der Waals surface area contributed by atoms with Gasteiger partial charge in [-0.2, -0.15) is 0 Å². The highest BCUT2D eigenvalue weighted by Crippen LogP contribution is 2.22. The SMILES string of the molecule is C[C@H]([NH2+][C@H](C)C(=O)Nc1ccc(F)cc1Cl)c1cccc(Cl)c1. The van der Waals surface area contributed by atoms with Crippen LogP contribution in [0.2, 0.25) is 10.0 Å². The fourth-order valence-corrected chi connectivity index (χ4v) is 2.67. The Morgan fingerprint density at radius 3 is 2.57 bits per heavy atom. The molecule has 6 heteroatoms. The average Bonchev–Trinajstić information content (AvgIpc) is 2.49. The van der Waals surface area contributed by atoms with Gasteiger partial charge in [0, 0.05) is 10.6 Å². The predicted octanol–water partition coefficient (Wildman–Crippen LogP) is 3.78. The standard InChI is InChI=1S/C17H17Cl2FN2O/c1-10(12-4-3-5-13(18)8-12)21-11(2)17(23)22-16-7-6-14(20)9-15(16)19/h3-11,21H,1-2H3,(H,22,23)/p+1/t10-,11+/m0/s1. The molecular weight excluding hydrogens is 338 g/mol. The van der Waals surface area contributed by atoms with Crippen molar-refractivity contribution in [3.63, 3.8) is 0 Å². The molecular formula is C17H18Cl2FN2O+. The lowest BCUT2D eigenvalue weighted by Gasteiger charge is -2.17. The zero-order chi connectivity index (χ0) is 17.0. The highest BCUT2D eigenvalue weighted by molar-refractivity contribution is 6.33. The number of anilines is 1. The number of benzene rings is 2. The van der Waals surface area contributed by atoms with Gasteiger partial charge in [0.15, 0.2) is 6.04 Å². The van der Waals surface area contributed by atoms with Crippen LogP contribution < -0.4 is 10.6 Å². The summed E-state index contributed by atoms with van der Waals surface area (Å²) in [5.41, 5.74) is 1.44. The van der Waals surface area contributed by atoms with Crippen molar-refractivity contribution in [2.75, 3.05) is 5.32 Å². The summed E-state index contributed by atoms with van der Waals surface area (Å²) in [6.45, 7) is 3.80. The van der Waals surface area contributed by atoms with Gasteiger partial charge in [-0.3, -0.25) is 4.79 Å². The quantitative estimate of drug-likeness (QED) is 0.841. The number of rotatable bonds is 5. The number of amides is 1. The summed E-state index contributed by atoms with van der Waals surface area (Å²) in [7, 11) is 0. The highest BCUT2D eigenvalue weighted by Gasteiger charge is 2.21. The monoisotopic (exact) mass is 355 g/mol. The van der Waals surface area contributed by atoms with E-state index in [2.05, 4.69) is 5.32 Å². The lowest BCUT2D eigenvalue weighted by molar-refractivity contribution is -0.709. The Balaban J connectivity index is 1.99. The van der Waals surface area contributed by atoms with E-state index >= 15 is 0 Å². The Hall–Kier alpha value is -1.62. The molecule has 3 N–H and O–H groups in total. The second-order valence-electron chi connectivity index (χ2n) is 5.44. The van der Waals surface area contributed by atoms with Gasteiger partial charge in [0.25, 0.3) is 5.91 Å². The lowest BCUT2D eigenvalue weighted by atomic mass is 10.1. The maximum atomic E-state index is 13.0. The number of carbonyl (C=O) groups excluding carboxylic acids is 1. The number of hydrogen-bond donors (Lipinski definition) is 2. The van der Waals surface area contributed by atoms with Crippen LogP contribution in [0.4, 0.5) is 10.1 Å². The molecule has 122 valence electrons. The Labute approximate surface area is 144 Å². The first-order chi connectivity index (χ1) is 10.9. The fraction of sp³-hybridized carbons (Fsp3) is 0.235. The maximum Gasteiger partial charge on any atom is 0.282 e. The van der Waals surface area contributed by atoms with Gasteiger partial charge in [-0.15, -0.1) is 0 Å². The van der Waals surface area contributed by atoms with E-state index in [1.54, 1.807) is 6.92 Å². The molecule has 2 aromatic rings. The number of hydrogen-bond acceptors (Lipinski definition) is 1. The molecule has 0 unspecified atom stereocenters. The molecule has 0 spiro atoms. The van der Waals surface area contributed by atoms with Crippen LogP contribution in [0.5, 0.6) is 0 Å². The third-order valence-electron chi connectivity index (χ3n) is 3.55. The molecule has 0 bridgehead atoms. The largest absolute Gasteiger partial charge is 0.330 e. The first kappa shape index (κ1) is 17.7. The first-order valence-electron chi connectivity index (χ1n) is 7.23. The topological polar surface area (TPSA) is 45.7 Å². The number of carbonyl (C=O) groups is 1. The highest BCUT2D eigenvalue weighted by atomic mass is 35.5. The van der Waals surface area contributed by atoms with Crippen molar-refractivity contribution >= 4 is 34.8 Å². The summed E-state index contributed by atoms with van der Waals surface area (Å²) < 4.78 is 13.0. The lowest BCUT2D eigenvalue weighted by Crippen LogP contribution is -2.91. The second-order valence-corrected chi connectivity index (χ2v) is 6.28. The molecule has 0 radical (unpaired) electrons. The summed E-state index contributed by atoms with van der Waals surface area (Å²) in [4.78, 5) is 12.3. The van der Waals surface area contributed by atoms with Gasteiger partial charge in [0.05, 0.1) is 10.7 Å². The number of nitrogens with two attached hydrogens (primary N) is 1. The van der Waals surface area contributed by atoms with Crippen molar-refractivity contribution in [3.8, 4) is 0 Å². The van der Waals surface area contributed by atoms with Crippen LogP contribution in [-0.4, -0.2) is 11.9 Å². The number of nitrogens with one attached hydrogen (secondary N) is 1. The molecule has 3 nitrogen and oxygen atoms in total. The molecule has 0 aromatic heterocycles. The molecule has 0 aliphatic heterocycles. The molecule has 2 atom stereocenters. The van der Waals surface area contributed by atoms with Gasteiger partial charge in [0.1, 0.15) is 11.9 Å². The molecule has 0 saturated heterocycles. The Morgan fingerprint density at radius 1 is 1.17 bits per heavy atom. The first-order valence-corrected chi connectivity index (χ1v) is 7.99. The number of halogens is 3. The van der Waals surface area contributed by atoms with Crippen molar-refractivity contribution in [3.05, 3.63) is 63.9 Å². The second kappa shape index (κ2) is 7.77. The van der Waals surface area contributed by atoms with E-state index in [1.807, 2.05) is 36.5 Å².